The quantitative estimate of drug-likeness (QED) is 0.552. The first kappa shape index (κ1) is 19.4. The molecule has 0 bridgehead atoms. The summed E-state index contributed by atoms with van der Waals surface area (Å²) in [7, 11) is 0. The number of halogens is 2. The maximum atomic E-state index is 12.8. The van der Waals surface area contributed by atoms with Crippen molar-refractivity contribution >= 4 is 43.9 Å². The number of benzene rings is 2. The molecule has 2 amide bonds. The van der Waals surface area contributed by atoms with Gasteiger partial charge in [0.1, 0.15) is 12.4 Å². The van der Waals surface area contributed by atoms with Gasteiger partial charge in [-0.05, 0) is 62.0 Å². The number of aromatic hydroxyl groups is 1. The first-order valence-corrected chi connectivity index (χ1v) is 9.62. The zero-order valence-corrected chi connectivity index (χ0v) is 17.4. The number of phenols is 1. The molecule has 1 aliphatic heterocycles. The molecular weight excluding hydrogens is 480 g/mol. The Morgan fingerprint density at radius 3 is 2.44 bits per heavy atom. The third kappa shape index (κ3) is 4.33. The first-order chi connectivity index (χ1) is 12.9. The van der Waals surface area contributed by atoms with Crippen LogP contribution in [0.1, 0.15) is 24.1 Å². The fraction of sp³-hybridized carbons (Fsp3) is 0.158. The number of amides is 2. The molecule has 0 radical (unpaired) electrons. The molecule has 2 aromatic rings. The molecule has 8 heteroatoms. The van der Waals surface area contributed by atoms with Crippen molar-refractivity contribution in [3.63, 3.8) is 0 Å². The topological polar surface area (TPSA) is 87.7 Å². The van der Waals surface area contributed by atoms with E-state index < -0.39 is 18.0 Å². The minimum absolute atomic E-state index is 0.0351. The molecule has 0 saturated heterocycles. The molecule has 1 aliphatic rings. The molecule has 6 nitrogen and oxygen atoms in total. The van der Waals surface area contributed by atoms with Crippen molar-refractivity contribution in [2.45, 2.75) is 19.6 Å². The highest BCUT2D eigenvalue weighted by molar-refractivity contribution is 9.11. The Kier molecular flexibility index (Phi) is 5.86. The Balaban J connectivity index is 1.91. The fourth-order valence-corrected chi connectivity index (χ4v) is 3.99. The summed E-state index contributed by atoms with van der Waals surface area (Å²) in [4.78, 5) is 24.7. The van der Waals surface area contributed by atoms with E-state index in [4.69, 9.17) is 4.74 Å². The largest absolute Gasteiger partial charge is 0.506 e. The number of ether oxygens (including phenoxy) is 1. The molecule has 1 atom stereocenters. The van der Waals surface area contributed by atoms with Crippen molar-refractivity contribution in [3.05, 3.63) is 73.8 Å². The fourth-order valence-electron chi connectivity index (χ4n) is 2.77. The van der Waals surface area contributed by atoms with E-state index in [1.165, 1.54) is 0 Å². The minimum Gasteiger partial charge on any atom is -0.506 e. The summed E-state index contributed by atoms with van der Waals surface area (Å²) in [6.07, 6.45) is 0. The Labute approximate surface area is 172 Å². The summed E-state index contributed by atoms with van der Waals surface area (Å²) in [5.74, 6) is -0.498. The Bertz CT molecular complexity index is 906. The van der Waals surface area contributed by atoms with E-state index >= 15 is 0 Å². The molecule has 2 aromatic carbocycles. The smallest absolute Gasteiger partial charge is 0.338 e. The highest BCUT2D eigenvalue weighted by Gasteiger charge is 2.33. The van der Waals surface area contributed by atoms with Gasteiger partial charge >= 0.3 is 12.0 Å². The highest BCUT2D eigenvalue weighted by atomic mass is 79.9. The van der Waals surface area contributed by atoms with E-state index in [2.05, 4.69) is 42.5 Å². The second kappa shape index (κ2) is 8.14. The highest BCUT2D eigenvalue weighted by Crippen LogP contribution is 2.37. The van der Waals surface area contributed by atoms with Crippen LogP contribution in [-0.4, -0.2) is 17.1 Å². The molecule has 3 N–H and O–H groups in total. The number of carbonyl (C=O) groups excluding carboxylic acids is 2. The Hall–Kier alpha value is -2.32. The van der Waals surface area contributed by atoms with Gasteiger partial charge in [0.05, 0.1) is 20.6 Å². The summed E-state index contributed by atoms with van der Waals surface area (Å²) in [5.41, 5.74) is 2.20. The molecule has 0 saturated carbocycles. The zero-order chi connectivity index (χ0) is 19.6. The number of hydrogen-bond acceptors (Lipinski definition) is 4. The van der Waals surface area contributed by atoms with Gasteiger partial charge in [-0.1, -0.05) is 30.3 Å². The van der Waals surface area contributed by atoms with Gasteiger partial charge in [-0.3, -0.25) is 0 Å². The lowest BCUT2D eigenvalue weighted by atomic mass is 9.95. The standard InChI is InChI=1S/C19H16Br2N2O4/c1-10-15(18(25)27-9-11-5-3-2-4-6-11)16(23-19(26)22-10)12-7-13(20)17(24)14(21)8-12/h2-8,16,24H,9H2,1H3,(H2,22,23,26). The number of hydrogen-bond donors (Lipinski definition) is 3. The van der Waals surface area contributed by atoms with Crippen LogP contribution in [0, 0.1) is 0 Å². The zero-order valence-electron chi connectivity index (χ0n) is 14.3. The van der Waals surface area contributed by atoms with E-state index in [0.717, 1.165) is 5.56 Å². The monoisotopic (exact) mass is 494 g/mol. The minimum atomic E-state index is -0.713. The van der Waals surface area contributed by atoms with E-state index in [1.807, 2.05) is 30.3 Å². The van der Waals surface area contributed by atoms with Crippen LogP contribution in [0.4, 0.5) is 4.79 Å². The lowest BCUT2D eigenvalue weighted by Gasteiger charge is -2.28. The van der Waals surface area contributed by atoms with Crippen LogP contribution in [0.25, 0.3) is 0 Å². The van der Waals surface area contributed by atoms with Gasteiger partial charge in [0.25, 0.3) is 0 Å². The molecule has 0 fully saturated rings. The Morgan fingerprint density at radius 2 is 1.81 bits per heavy atom. The lowest BCUT2D eigenvalue weighted by Crippen LogP contribution is -2.45. The van der Waals surface area contributed by atoms with Crippen molar-refractivity contribution in [2.75, 3.05) is 0 Å². The molecule has 1 heterocycles. The average Bonchev–Trinajstić information content (AvgIpc) is 2.64. The van der Waals surface area contributed by atoms with Crippen LogP contribution < -0.4 is 10.6 Å². The van der Waals surface area contributed by atoms with Crippen LogP contribution >= 0.6 is 31.9 Å². The number of rotatable bonds is 4. The lowest BCUT2D eigenvalue weighted by molar-refractivity contribution is -0.140. The number of allylic oxidation sites excluding steroid dienone is 1. The number of carbonyl (C=O) groups is 2. The molecule has 1 unspecified atom stereocenters. The van der Waals surface area contributed by atoms with Gasteiger partial charge < -0.3 is 20.5 Å². The second-order valence-electron chi connectivity index (χ2n) is 5.97. The van der Waals surface area contributed by atoms with Crippen LogP contribution in [0.15, 0.2) is 62.7 Å². The summed E-state index contributed by atoms with van der Waals surface area (Å²) >= 11 is 6.54. The van der Waals surface area contributed by atoms with Crippen LogP contribution in [-0.2, 0) is 16.1 Å². The predicted molar refractivity (Wildman–Crippen MR) is 107 cm³/mol. The number of urea groups is 1. The molecule has 140 valence electrons. The average molecular weight is 496 g/mol. The van der Waals surface area contributed by atoms with E-state index in [1.54, 1.807) is 19.1 Å². The molecule has 0 aromatic heterocycles. The molecule has 0 spiro atoms. The maximum absolute atomic E-state index is 12.8. The van der Waals surface area contributed by atoms with E-state index in [-0.39, 0.29) is 12.4 Å². The Morgan fingerprint density at radius 1 is 1.19 bits per heavy atom. The van der Waals surface area contributed by atoms with Gasteiger partial charge in [0, 0.05) is 5.70 Å². The van der Waals surface area contributed by atoms with Crippen molar-refractivity contribution < 1.29 is 19.4 Å². The number of nitrogens with one attached hydrogen (secondary N) is 2. The molecule has 27 heavy (non-hydrogen) atoms. The van der Waals surface area contributed by atoms with Crippen LogP contribution in [0.5, 0.6) is 5.75 Å². The van der Waals surface area contributed by atoms with Crippen molar-refractivity contribution in [2.24, 2.45) is 0 Å². The van der Waals surface area contributed by atoms with Gasteiger partial charge in [-0.15, -0.1) is 0 Å². The van der Waals surface area contributed by atoms with Gasteiger partial charge in [0.15, 0.2) is 0 Å². The third-order valence-corrected chi connectivity index (χ3v) is 5.28. The van der Waals surface area contributed by atoms with Crippen molar-refractivity contribution in [1.82, 2.24) is 10.6 Å². The maximum Gasteiger partial charge on any atom is 0.338 e. The van der Waals surface area contributed by atoms with Crippen LogP contribution in [0.3, 0.4) is 0 Å². The van der Waals surface area contributed by atoms with Gasteiger partial charge in [-0.25, -0.2) is 9.59 Å². The molecular formula is C19H16Br2N2O4. The van der Waals surface area contributed by atoms with Gasteiger partial charge in [-0.2, -0.15) is 0 Å². The number of esters is 1. The SMILES string of the molecule is CC1=C(C(=O)OCc2ccccc2)C(c2cc(Br)c(O)c(Br)c2)NC(=O)N1. The van der Waals surface area contributed by atoms with Crippen molar-refractivity contribution in [1.29, 1.82) is 0 Å². The second-order valence-corrected chi connectivity index (χ2v) is 7.67. The van der Waals surface area contributed by atoms with Crippen molar-refractivity contribution in [3.8, 4) is 5.75 Å². The van der Waals surface area contributed by atoms with Crippen LogP contribution in [0.2, 0.25) is 0 Å². The summed E-state index contributed by atoms with van der Waals surface area (Å²) in [6, 6.07) is 11.5. The number of phenolic OH excluding ortho intramolecular Hbond substituents is 1. The van der Waals surface area contributed by atoms with Gasteiger partial charge in [0.2, 0.25) is 0 Å². The summed E-state index contributed by atoms with van der Waals surface area (Å²) in [6.45, 7) is 1.77. The predicted octanol–water partition coefficient (Wildman–Crippen LogP) is 4.29. The van der Waals surface area contributed by atoms with E-state index in [9.17, 15) is 14.7 Å². The summed E-state index contributed by atoms with van der Waals surface area (Å²) < 4.78 is 6.33. The first-order valence-electron chi connectivity index (χ1n) is 8.04. The van der Waals surface area contributed by atoms with E-state index in [0.29, 0.717) is 25.8 Å². The molecule has 3 rings (SSSR count). The normalized spacial score (nSPS) is 16.6. The molecule has 0 aliphatic carbocycles. The summed E-state index contributed by atoms with van der Waals surface area (Å²) in [5, 5.41) is 15.3. The third-order valence-electron chi connectivity index (χ3n) is 4.07.